The van der Waals surface area contributed by atoms with Gasteiger partial charge in [0.2, 0.25) is 0 Å². The summed E-state index contributed by atoms with van der Waals surface area (Å²) in [5.41, 5.74) is 2.17. The van der Waals surface area contributed by atoms with E-state index in [-0.39, 0.29) is 12.4 Å². The lowest BCUT2D eigenvalue weighted by atomic mass is 9.93. The largest absolute Gasteiger partial charge is 0.366 e. The molecule has 3 heterocycles. The quantitative estimate of drug-likeness (QED) is 0.577. The summed E-state index contributed by atoms with van der Waals surface area (Å²) in [5, 5.41) is 18.9. The molecule has 0 saturated carbocycles. The lowest BCUT2D eigenvalue weighted by Gasteiger charge is -2.28. The van der Waals surface area contributed by atoms with E-state index < -0.39 is 0 Å². The molecule has 1 saturated heterocycles. The van der Waals surface area contributed by atoms with Gasteiger partial charge in [0.15, 0.2) is 0 Å². The average Bonchev–Trinajstić information content (AvgIpc) is 2.97. The molecule has 3 rings (SSSR count). The number of nitrogens with one attached hydrogen (secondary N) is 3. The zero-order valence-electron chi connectivity index (χ0n) is 12.5. The molecule has 0 unspecified atom stereocenters. The summed E-state index contributed by atoms with van der Waals surface area (Å²) < 4.78 is 1.98. The van der Waals surface area contributed by atoms with Crippen LogP contribution in [0, 0.1) is 11.3 Å². The first-order valence-corrected chi connectivity index (χ1v) is 7.56. The van der Waals surface area contributed by atoms with Gasteiger partial charge in [-0.25, -0.2) is 9.67 Å². The van der Waals surface area contributed by atoms with E-state index in [1.165, 1.54) is 5.70 Å². The summed E-state index contributed by atoms with van der Waals surface area (Å²) in [7, 11) is 0. The van der Waals surface area contributed by atoms with Crippen LogP contribution in [0.3, 0.4) is 0 Å². The van der Waals surface area contributed by atoms with Crippen molar-refractivity contribution < 1.29 is 0 Å². The highest BCUT2D eigenvalue weighted by Crippen LogP contribution is 2.31. The number of allylic oxidation sites excluding steroid dienone is 1. The van der Waals surface area contributed by atoms with Crippen molar-refractivity contribution >= 4 is 30.3 Å². The molecular formula is C15H21N7. The first-order valence-electron chi connectivity index (χ1n) is 7.56. The van der Waals surface area contributed by atoms with Gasteiger partial charge < -0.3 is 10.6 Å². The molecule has 0 bridgehead atoms. The molecule has 0 radical (unpaired) electrons. The predicted molar refractivity (Wildman–Crippen MR) is 90.3 cm³/mol. The maximum absolute atomic E-state index is 7.63. The Morgan fingerprint density at radius 1 is 1.50 bits per heavy atom. The van der Waals surface area contributed by atoms with Gasteiger partial charge in [-0.2, -0.15) is 5.10 Å². The second kappa shape index (κ2) is 6.65. The fraction of sp³-hybridized carbons (Fsp3) is 0.467. The van der Waals surface area contributed by atoms with Gasteiger partial charge in [-0.3, -0.25) is 10.4 Å². The van der Waals surface area contributed by atoms with Gasteiger partial charge in [0, 0.05) is 24.4 Å². The first kappa shape index (κ1) is 14.6. The Morgan fingerprint density at radius 3 is 3.09 bits per heavy atom. The van der Waals surface area contributed by atoms with Crippen molar-refractivity contribution in [1.29, 1.82) is 5.41 Å². The highest BCUT2D eigenvalue weighted by atomic mass is 15.3. The lowest BCUT2D eigenvalue weighted by molar-refractivity contribution is 0.432. The zero-order chi connectivity index (χ0) is 15.4. The number of amidine groups is 1. The number of hydrogen-bond acceptors (Lipinski definition) is 5. The third kappa shape index (κ3) is 2.99. The molecule has 0 amide bonds. The Kier molecular flexibility index (Phi) is 4.43. The highest BCUT2D eigenvalue weighted by molar-refractivity contribution is 5.97. The molecular weight excluding hydrogens is 278 g/mol. The number of aromatic nitrogens is 2. The normalized spacial score (nSPS) is 18.6. The van der Waals surface area contributed by atoms with Crippen molar-refractivity contribution in [2.24, 2.45) is 15.9 Å². The standard InChI is InChI=1S/C15H21N7/c1-17-10-14(16)20-8-12-9-21-22-13(4-7-19-15(12)22)11-2-5-18-6-3-11/h4,8-9,11,16,18-19H,1-3,5-7,10H2. The first-order chi connectivity index (χ1) is 10.8. The van der Waals surface area contributed by atoms with E-state index in [1.54, 1.807) is 12.4 Å². The van der Waals surface area contributed by atoms with E-state index in [2.05, 4.69) is 38.5 Å². The van der Waals surface area contributed by atoms with E-state index >= 15 is 0 Å². The Morgan fingerprint density at radius 2 is 2.32 bits per heavy atom. The number of aliphatic imine (C=N–C) groups is 2. The van der Waals surface area contributed by atoms with Crippen molar-refractivity contribution in [2.75, 3.05) is 31.5 Å². The number of fused-ring (bicyclic) bond motifs is 1. The van der Waals surface area contributed by atoms with Crippen LogP contribution in [0.15, 0.2) is 22.3 Å². The van der Waals surface area contributed by atoms with Crippen LogP contribution in [-0.2, 0) is 0 Å². The third-order valence-corrected chi connectivity index (χ3v) is 4.00. The van der Waals surface area contributed by atoms with Crippen LogP contribution in [0.25, 0.3) is 5.70 Å². The second-order valence-corrected chi connectivity index (χ2v) is 5.48. The molecule has 2 aliphatic heterocycles. The van der Waals surface area contributed by atoms with Crippen molar-refractivity contribution in [1.82, 2.24) is 15.1 Å². The van der Waals surface area contributed by atoms with E-state index in [9.17, 15) is 0 Å². The topological polar surface area (TPSA) is 90.5 Å². The minimum absolute atomic E-state index is 0.194. The summed E-state index contributed by atoms with van der Waals surface area (Å²) in [6.45, 7) is 6.53. The van der Waals surface area contributed by atoms with Crippen LogP contribution in [0.4, 0.5) is 5.82 Å². The minimum Gasteiger partial charge on any atom is -0.366 e. The smallest absolute Gasteiger partial charge is 0.142 e. The van der Waals surface area contributed by atoms with Crippen LogP contribution in [0.5, 0.6) is 0 Å². The molecule has 0 spiro atoms. The summed E-state index contributed by atoms with van der Waals surface area (Å²) in [4.78, 5) is 7.76. The molecule has 22 heavy (non-hydrogen) atoms. The summed E-state index contributed by atoms with van der Waals surface area (Å²) >= 11 is 0. The van der Waals surface area contributed by atoms with E-state index in [0.717, 1.165) is 43.9 Å². The van der Waals surface area contributed by atoms with Crippen molar-refractivity contribution in [3.63, 3.8) is 0 Å². The second-order valence-electron chi connectivity index (χ2n) is 5.48. The Hall–Kier alpha value is -2.28. The number of nitrogens with zero attached hydrogens (tertiary/aromatic N) is 4. The highest BCUT2D eigenvalue weighted by Gasteiger charge is 2.24. The molecule has 0 aromatic carbocycles. The molecule has 7 nitrogen and oxygen atoms in total. The number of piperidine rings is 1. The number of hydrogen-bond donors (Lipinski definition) is 3. The maximum atomic E-state index is 7.63. The van der Waals surface area contributed by atoms with Gasteiger partial charge in [-0.15, -0.1) is 0 Å². The average molecular weight is 299 g/mol. The molecule has 0 aliphatic carbocycles. The Balaban J connectivity index is 1.81. The summed E-state index contributed by atoms with van der Waals surface area (Å²) in [5.74, 6) is 1.70. The van der Waals surface area contributed by atoms with Crippen LogP contribution >= 0.6 is 0 Å². The SMILES string of the molecule is C=NCC(=N)N=Cc1cnn2c1NCC=C2C1CCNCC1. The minimum atomic E-state index is 0.194. The fourth-order valence-corrected chi connectivity index (χ4v) is 2.92. The predicted octanol–water partition coefficient (Wildman–Crippen LogP) is 1.25. The number of rotatable bonds is 4. The maximum Gasteiger partial charge on any atom is 0.142 e. The molecule has 3 N–H and O–H groups in total. The molecule has 1 aromatic heterocycles. The molecule has 2 aliphatic rings. The van der Waals surface area contributed by atoms with Crippen LogP contribution < -0.4 is 10.6 Å². The summed E-state index contributed by atoms with van der Waals surface area (Å²) in [6.07, 6.45) is 7.97. The van der Waals surface area contributed by atoms with Gasteiger partial charge in [0.25, 0.3) is 0 Å². The van der Waals surface area contributed by atoms with E-state index in [4.69, 9.17) is 5.41 Å². The van der Waals surface area contributed by atoms with Crippen molar-refractivity contribution in [2.45, 2.75) is 12.8 Å². The Labute approximate surface area is 129 Å². The zero-order valence-corrected chi connectivity index (χ0v) is 12.5. The molecule has 1 fully saturated rings. The molecule has 116 valence electrons. The Bertz CT molecular complexity index is 620. The molecule has 1 aromatic rings. The van der Waals surface area contributed by atoms with Gasteiger partial charge in [-0.1, -0.05) is 0 Å². The van der Waals surface area contributed by atoms with Crippen LogP contribution in [0.2, 0.25) is 0 Å². The fourth-order valence-electron chi connectivity index (χ4n) is 2.92. The van der Waals surface area contributed by atoms with Crippen LogP contribution in [-0.4, -0.2) is 54.7 Å². The molecule has 0 atom stereocenters. The van der Waals surface area contributed by atoms with Crippen LogP contribution in [0.1, 0.15) is 18.4 Å². The van der Waals surface area contributed by atoms with Gasteiger partial charge in [-0.05, 0) is 38.7 Å². The molecule has 7 heteroatoms. The summed E-state index contributed by atoms with van der Waals surface area (Å²) in [6, 6.07) is 0. The monoisotopic (exact) mass is 299 g/mol. The third-order valence-electron chi connectivity index (χ3n) is 4.00. The van der Waals surface area contributed by atoms with Gasteiger partial charge in [0.1, 0.15) is 11.7 Å². The lowest BCUT2D eigenvalue weighted by Crippen LogP contribution is -2.31. The van der Waals surface area contributed by atoms with E-state index in [1.807, 2.05) is 4.68 Å². The van der Waals surface area contributed by atoms with Gasteiger partial charge >= 0.3 is 0 Å². The van der Waals surface area contributed by atoms with Gasteiger partial charge in [0.05, 0.1) is 18.3 Å². The number of anilines is 1. The van der Waals surface area contributed by atoms with E-state index in [0.29, 0.717) is 5.92 Å². The van der Waals surface area contributed by atoms with Crippen molar-refractivity contribution in [3.8, 4) is 0 Å². The van der Waals surface area contributed by atoms with Crippen molar-refractivity contribution in [3.05, 3.63) is 17.8 Å².